The summed E-state index contributed by atoms with van der Waals surface area (Å²) in [7, 11) is 0. The summed E-state index contributed by atoms with van der Waals surface area (Å²) in [6, 6.07) is 15.8. The van der Waals surface area contributed by atoms with Crippen LogP contribution in [0.3, 0.4) is 0 Å². The van der Waals surface area contributed by atoms with Crippen LogP contribution in [0.2, 0.25) is 0 Å². The Balaban J connectivity index is 1.86. The molecule has 0 heterocycles. The maximum absolute atomic E-state index is 10.8. The lowest BCUT2D eigenvalue weighted by Crippen LogP contribution is -2.09. The number of hydrogen-bond acceptors (Lipinski definition) is 5. The normalized spacial score (nSPS) is 10.7. The molecule has 0 atom stereocenters. The smallest absolute Gasteiger partial charge is 0.346 e. The van der Waals surface area contributed by atoms with Gasteiger partial charge in [0.25, 0.3) is 0 Å². The van der Waals surface area contributed by atoms with E-state index in [1.807, 2.05) is 31.2 Å². The maximum atomic E-state index is 10.8. The molecule has 2 rings (SSSR count). The van der Waals surface area contributed by atoms with Gasteiger partial charge in [-0.3, -0.25) is 0 Å². The van der Waals surface area contributed by atoms with Gasteiger partial charge in [0.15, 0.2) is 11.5 Å². The molecule has 2 aromatic rings. The van der Waals surface area contributed by atoms with Gasteiger partial charge in [-0.05, 0) is 42.8 Å². The van der Waals surface area contributed by atoms with Gasteiger partial charge in [0, 0.05) is 0 Å². The van der Waals surface area contributed by atoms with Gasteiger partial charge in [-0.2, -0.15) is 5.26 Å². The Morgan fingerprint density at radius 1 is 1.04 bits per heavy atom. The van der Waals surface area contributed by atoms with Gasteiger partial charge < -0.3 is 19.3 Å². The quantitative estimate of drug-likeness (QED) is 0.421. The van der Waals surface area contributed by atoms with E-state index in [1.54, 1.807) is 30.3 Å². The highest BCUT2D eigenvalue weighted by molar-refractivity contribution is 5.96. The minimum absolute atomic E-state index is 0.319. The molecule has 0 aliphatic heterocycles. The number of ether oxygens (including phenoxy) is 3. The number of nitriles is 1. The van der Waals surface area contributed by atoms with E-state index in [2.05, 4.69) is 0 Å². The molecule has 0 saturated carbocycles. The number of nitrogens with zero attached hydrogens (tertiary/aromatic N) is 1. The minimum Gasteiger partial charge on any atom is -0.490 e. The summed E-state index contributed by atoms with van der Waals surface area (Å²) >= 11 is 0. The van der Waals surface area contributed by atoms with E-state index in [-0.39, 0.29) is 5.57 Å². The van der Waals surface area contributed by atoms with Gasteiger partial charge >= 0.3 is 5.97 Å². The van der Waals surface area contributed by atoms with Gasteiger partial charge in [-0.15, -0.1) is 0 Å². The van der Waals surface area contributed by atoms with Crippen LogP contribution in [0.25, 0.3) is 6.08 Å². The molecule has 0 aromatic heterocycles. The van der Waals surface area contributed by atoms with Crippen molar-refractivity contribution in [3.63, 3.8) is 0 Å². The first-order valence-electron chi connectivity index (χ1n) is 8.06. The Morgan fingerprint density at radius 3 is 2.23 bits per heavy atom. The van der Waals surface area contributed by atoms with Gasteiger partial charge in [0.1, 0.15) is 30.6 Å². The van der Waals surface area contributed by atoms with Crippen LogP contribution in [0.15, 0.2) is 54.1 Å². The van der Waals surface area contributed by atoms with Crippen LogP contribution in [-0.4, -0.2) is 30.9 Å². The number of benzene rings is 2. The molecular formula is C20H19NO5. The van der Waals surface area contributed by atoms with Crippen molar-refractivity contribution >= 4 is 12.0 Å². The molecule has 0 amide bonds. The number of carboxylic acid groups (broad SMARTS) is 1. The second-order valence-electron chi connectivity index (χ2n) is 5.12. The van der Waals surface area contributed by atoms with Gasteiger partial charge in [-0.25, -0.2) is 4.79 Å². The zero-order valence-corrected chi connectivity index (χ0v) is 14.3. The van der Waals surface area contributed by atoms with Crippen LogP contribution in [0.4, 0.5) is 0 Å². The molecule has 6 nitrogen and oxygen atoms in total. The van der Waals surface area contributed by atoms with Crippen molar-refractivity contribution in [2.24, 2.45) is 0 Å². The Morgan fingerprint density at radius 2 is 1.65 bits per heavy atom. The fourth-order valence-corrected chi connectivity index (χ4v) is 2.12. The van der Waals surface area contributed by atoms with Crippen molar-refractivity contribution in [3.05, 3.63) is 59.7 Å². The first-order chi connectivity index (χ1) is 12.6. The van der Waals surface area contributed by atoms with E-state index in [1.165, 1.54) is 6.08 Å². The molecule has 0 spiro atoms. The Labute approximate surface area is 151 Å². The van der Waals surface area contributed by atoms with Gasteiger partial charge in [0.05, 0.1) is 6.61 Å². The molecule has 0 aliphatic carbocycles. The summed E-state index contributed by atoms with van der Waals surface area (Å²) in [6.45, 7) is 3.17. The zero-order valence-electron chi connectivity index (χ0n) is 14.3. The second kappa shape index (κ2) is 9.74. The van der Waals surface area contributed by atoms with E-state index in [0.29, 0.717) is 42.6 Å². The van der Waals surface area contributed by atoms with Crippen molar-refractivity contribution in [1.82, 2.24) is 0 Å². The van der Waals surface area contributed by atoms with Crippen molar-refractivity contribution in [2.75, 3.05) is 19.8 Å². The Kier molecular flexibility index (Phi) is 7.07. The van der Waals surface area contributed by atoms with E-state index < -0.39 is 5.97 Å². The lowest BCUT2D eigenvalue weighted by atomic mass is 10.1. The zero-order chi connectivity index (χ0) is 18.8. The third-order valence-electron chi connectivity index (χ3n) is 3.30. The number of hydrogen-bond donors (Lipinski definition) is 1. The number of rotatable bonds is 9. The summed E-state index contributed by atoms with van der Waals surface area (Å²) in [5.74, 6) is 0.726. The van der Waals surface area contributed by atoms with E-state index in [0.717, 1.165) is 0 Å². The molecule has 0 saturated heterocycles. The monoisotopic (exact) mass is 353 g/mol. The average molecular weight is 353 g/mol. The molecule has 2 aromatic carbocycles. The minimum atomic E-state index is -1.25. The first kappa shape index (κ1) is 18.9. The molecule has 0 radical (unpaired) electrons. The molecule has 6 heteroatoms. The van der Waals surface area contributed by atoms with Crippen LogP contribution < -0.4 is 14.2 Å². The number of carbonyl (C=O) groups is 1. The lowest BCUT2D eigenvalue weighted by Gasteiger charge is -2.12. The standard InChI is InChI=1S/C20H19NO5/c1-2-24-18-5-3-4-6-19(18)26-12-11-25-17-9-7-15(8-10-17)13-16(14-21)20(22)23/h3-10,13H,2,11-12H2,1H3,(H,22,23). The third-order valence-corrected chi connectivity index (χ3v) is 3.30. The summed E-state index contributed by atoms with van der Waals surface area (Å²) in [5.41, 5.74) is 0.290. The van der Waals surface area contributed by atoms with Crippen molar-refractivity contribution in [3.8, 4) is 23.3 Å². The number of para-hydroxylation sites is 2. The fourth-order valence-electron chi connectivity index (χ4n) is 2.12. The number of carboxylic acids is 1. The maximum Gasteiger partial charge on any atom is 0.346 e. The summed E-state index contributed by atoms with van der Waals surface area (Å²) in [5, 5.41) is 17.6. The van der Waals surface area contributed by atoms with Crippen LogP contribution in [-0.2, 0) is 4.79 Å². The van der Waals surface area contributed by atoms with E-state index >= 15 is 0 Å². The second-order valence-corrected chi connectivity index (χ2v) is 5.12. The predicted octanol–water partition coefficient (Wildman–Crippen LogP) is 3.53. The third kappa shape index (κ3) is 5.56. The largest absolute Gasteiger partial charge is 0.490 e. The first-order valence-corrected chi connectivity index (χ1v) is 8.06. The fraction of sp³-hybridized carbons (Fsp3) is 0.200. The van der Waals surface area contributed by atoms with Crippen molar-refractivity contribution in [1.29, 1.82) is 5.26 Å². The van der Waals surface area contributed by atoms with Gasteiger partial charge in [-0.1, -0.05) is 24.3 Å². The van der Waals surface area contributed by atoms with E-state index in [9.17, 15) is 4.79 Å². The molecule has 1 N–H and O–H groups in total. The highest BCUT2D eigenvalue weighted by Crippen LogP contribution is 2.26. The molecule has 0 fully saturated rings. The van der Waals surface area contributed by atoms with Crippen molar-refractivity contribution in [2.45, 2.75) is 6.92 Å². The van der Waals surface area contributed by atoms with Crippen LogP contribution in [0.5, 0.6) is 17.2 Å². The molecule has 26 heavy (non-hydrogen) atoms. The summed E-state index contributed by atoms with van der Waals surface area (Å²) < 4.78 is 16.7. The molecule has 134 valence electrons. The average Bonchev–Trinajstić information content (AvgIpc) is 2.65. The van der Waals surface area contributed by atoms with Crippen LogP contribution in [0.1, 0.15) is 12.5 Å². The summed E-state index contributed by atoms with van der Waals surface area (Å²) in [6.07, 6.45) is 1.31. The topological polar surface area (TPSA) is 88.8 Å². The molecule has 0 unspecified atom stereocenters. The molecule has 0 aliphatic rings. The highest BCUT2D eigenvalue weighted by Gasteiger charge is 2.06. The Bertz CT molecular complexity index is 806. The molecular weight excluding hydrogens is 334 g/mol. The summed E-state index contributed by atoms with van der Waals surface area (Å²) in [4.78, 5) is 10.8. The predicted molar refractivity (Wildman–Crippen MR) is 96.3 cm³/mol. The highest BCUT2D eigenvalue weighted by atomic mass is 16.5. The van der Waals surface area contributed by atoms with E-state index in [4.69, 9.17) is 24.6 Å². The van der Waals surface area contributed by atoms with Crippen LogP contribution >= 0.6 is 0 Å². The Hall–Kier alpha value is -3.46. The van der Waals surface area contributed by atoms with Crippen LogP contribution in [0, 0.1) is 11.3 Å². The van der Waals surface area contributed by atoms with Crippen molar-refractivity contribution < 1.29 is 24.1 Å². The SMILES string of the molecule is CCOc1ccccc1OCCOc1ccc(C=C(C#N)C(=O)O)cc1. The lowest BCUT2D eigenvalue weighted by molar-refractivity contribution is -0.132. The number of aliphatic carboxylic acids is 1. The molecule has 0 bridgehead atoms. The van der Waals surface area contributed by atoms with Gasteiger partial charge in [0.2, 0.25) is 0 Å².